The summed E-state index contributed by atoms with van der Waals surface area (Å²) < 4.78 is 4.84. The maximum Gasteiger partial charge on any atom is 0.308 e. The highest BCUT2D eigenvalue weighted by molar-refractivity contribution is 7.99. The van der Waals surface area contributed by atoms with Crippen LogP contribution in [0.3, 0.4) is 0 Å². The van der Waals surface area contributed by atoms with E-state index < -0.39 is 0 Å². The fourth-order valence-corrected chi connectivity index (χ4v) is 4.00. The molecule has 1 aliphatic rings. The molecule has 0 amide bonds. The summed E-state index contributed by atoms with van der Waals surface area (Å²) in [4.78, 5) is 15.3. The van der Waals surface area contributed by atoms with Gasteiger partial charge in [0.15, 0.2) is 0 Å². The molecule has 1 aromatic rings. The van der Waals surface area contributed by atoms with E-state index >= 15 is 0 Å². The molecule has 1 saturated heterocycles. The number of thioether (sulfide) groups is 1. The molecule has 1 N–H and O–H groups in total. The van der Waals surface area contributed by atoms with E-state index in [2.05, 4.69) is 40.5 Å². The molecule has 0 bridgehead atoms. The lowest BCUT2D eigenvalue weighted by Gasteiger charge is -2.31. The minimum absolute atomic E-state index is 0.0444. The first kappa shape index (κ1) is 18.3. The van der Waals surface area contributed by atoms with Crippen LogP contribution in [0.1, 0.15) is 19.3 Å². The van der Waals surface area contributed by atoms with E-state index in [1.54, 1.807) is 0 Å². The molecule has 2 rings (SSSR count). The fraction of sp³-hybridized carbons (Fsp3) is 0.611. The minimum atomic E-state index is -0.0444. The summed E-state index contributed by atoms with van der Waals surface area (Å²) >= 11 is 1.90. The molecular formula is C18H28N2O2S. The summed E-state index contributed by atoms with van der Waals surface area (Å²) in [7, 11) is 3.52. The highest BCUT2D eigenvalue weighted by Gasteiger charge is 2.25. The third kappa shape index (κ3) is 6.16. The molecule has 23 heavy (non-hydrogen) atoms. The number of nitrogens with one attached hydrogen (secondary N) is 1. The normalized spacial score (nSPS) is 17.8. The van der Waals surface area contributed by atoms with Crippen LogP contribution >= 0.6 is 11.8 Å². The Labute approximate surface area is 144 Å². The lowest BCUT2D eigenvalue weighted by Crippen LogP contribution is -2.40. The molecular weight excluding hydrogens is 308 g/mol. The molecule has 1 aromatic carbocycles. The zero-order valence-electron chi connectivity index (χ0n) is 14.2. The van der Waals surface area contributed by atoms with Crippen LogP contribution in [0.15, 0.2) is 35.2 Å². The molecule has 128 valence electrons. The topological polar surface area (TPSA) is 41.6 Å². The Bertz CT molecular complexity index is 461. The lowest BCUT2D eigenvalue weighted by atomic mass is 9.97. The van der Waals surface area contributed by atoms with Gasteiger partial charge in [-0.05, 0) is 58.1 Å². The molecule has 1 heterocycles. The second kappa shape index (κ2) is 9.96. The van der Waals surface area contributed by atoms with Crippen molar-refractivity contribution in [2.75, 3.05) is 39.5 Å². The number of ether oxygens (including phenoxy) is 1. The molecule has 0 unspecified atom stereocenters. The van der Waals surface area contributed by atoms with Crippen molar-refractivity contribution in [3.05, 3.63) is 30.3 Å². The number of piperidine rings is 1. The number of carbonyl (C=O) groups is 1. The van der Waals surface area contributed by atoms with Gasteiger partial charge >= 0.3 is 5.97 Å². The molecule has 1 atom stereocenters. The molecule has 0 aromatic heterocycles. The van der Waals surface area contributed by atoms with Crippen molar-refractivity contribution >= 4 is 17.7 Å². The molecule has 1 aliphatic heterocycles. The molecule has 0 saturated carbocycles. The Kier molecular flexibility index (Phi) is 7.92. The van der Waals surface area contributed by atoms with Crippen LogP contribution in [0.2, 0.25) is 0 Å². The van der Waals surface area contributed by atoms with Crippen LogP contribution in [-0.2, 0) is 9.53 Å². The molecule has 1 fully saturated rings. The average molecular weight is 337 g/mol. The van der Waals surface area contributed by atoms with Gasteiger partial charge in [-0.2, -0.15) is 0 Å². The first-order chi connectivity index (χ1) is 11.2. The van der Waals surface area contributed by atoms with Gasteiger partial charge in [0.05, 0.1) is 13.0 Å². The van der Waals surface area contributed by atoms with E-state index in [0.29, 0.717) is 6.04 Å². The van der Waals surface area contributed by atoms with E-state index in [0.717, 1.165) is 44.6 Å². The monoisotopic (exact) mass is 336 g/mol. The van der Waals surface area contributed by atoms with Gasteiger partial charge < -0.3 is 15.0 Å². The van der Waals surface area contributed by atoms with E-state index in [4.69, 9.17) is 4.74 Å². The Morgan fingerprint density at radius 3 is 2.65 bits per heavy atom. The number of hydrogen-bond acceptors (Lipinski definition) is 5. The smallest absolute Gasteiger partial charge is 0.308 e. The predicted molar refractivity (Wildman–Crippen MR) is 95.8 cm³/mol. The van der Waals surface area contributed by atoms with Crippen LogP contribution in [0.4, 0.5) is 0 Å². The maximum atomic E-state index is 11.6. The fourth-order valence-electron chi connectivity index (χ4n) is 2.92. The van der Waals surface area contributed by atoms with Crippen LogP contribution in [0.25, 0.3) is 0 Å². The van der Waals surface area contributed by atoms with Gasteiger partial charge in [0.25, 0.3) is 0 Å². The first-order valence-electron chi connectivity index (χ1n) is 8.38. The van der Waals surface area contributed by atoms with E-state index in [1.807, 2.05) is 18.8 Å². The van der Waals surface area contributed by atoms with Crippen molar-refractivity contribution < 1.29 is 9.53 Å². The van der Waals surface area contributed by atoms with Crippen molar-refractivity contribution in [2.45, 2.75) is 30.2 Å². The van der Waals surface area contributed by atoms with Crippen LogP contribution in [0.5, 0.6) is 0 Å². The standard InChI is InChI=1S/C18H28N2O2S/c1-19-16(14-23-17-6-4-3-5-7-17)10-13-20-11-8-15(9-12-20)18(21)22-2/h3-7,15-16,19H,8-14H2,1-2H3/t16-/m1/s1. The second-order valence-electron chi connectivity index (χ2n) is 6.04. The first-order valence-corrected chi connectivity index (χ1v) is 9.36. The van der Waals surface area contributed by atoms with Crippen molar-refractivity contribution in [2.24, 2.45) is 5.92 Å². The Balaban J connectivity index is 1.67. The second-order valence-corrected chi connectivity index (χ2v) is 7.13. The summed E-state index contributed by atoms with van der Waals surface area (Å²) in [5.41, 5.74) is 0. The van der Waals surface area contributed by atoms with Gasteiger partial charge in [-0.1, -0.05) is 18.2 Å². The number of rotatable bonds is 8. The highest BCUT2D eigenvalue weighted by atomic mass is 32.2. The third-order valence-corrected chi connectivity index (χ3v) is 5.69. The largest absolute Gasteiger partial charge is 0.469 e. The number of likely N-dealkylation sites (tertiary alicyclic amines) is 1. The lowest BCUT2D eigenvalue weighted by molar-refractivity contribution is -0.147. The number of methoxy groups -OCH3 is 1. The SMILES string of the molecule is CN[C@H](CCN1CCC(C(=O)OC)CC1)CSc1ccccc1. The molecule has 0 aliphatic carbocycles. The quantitative estimate of drug-likeness (QED) is 0.584. The average Bonchev–Trinajstić information content (AvgIpc) is 2.62. The van der Waals surface area contributed by atoms with Crippen LogP contribution < -0.4 is 5.32 Å². The van der Waals surface area contributed by atoms with E-state index in [-0.39, 0.29) is 11.9 Å². The summed E-state index contributed by atoms with van der Waals surface area (Å²) in [6.45, 7) is 3.10. The molecule has 0 spiro atoms. The van der Waals surface area contributed by atoms with Crippen molar-refractivity contribution in [3.63, 3.8) is 0 Å². The van der Waals surface area contributed by atoms with Crippen molar-refractivity contribution in [1.82, 2.24) is 10.2 Å². The maximum absolute atomic E-state index is 11.6. The summed E-state index contributed by atoms with van der Waals surface area (Å²) in [5.74, 6) is 1.14. The number of benzene rings is 1. The van der Waals surface area contributed by atoms with Gasteiger partial charge in [-0.3, -0.25) is 4.79 Å². The van der Waals surface area contributed by atoms with E-state index in [1.165, 1.54) is 12.0 Å². The zero-order valence-corrected chi connectivity index (χ0v) is 15.0. The van der Waals surface area contributed by atoms with Gasteiger partial charge in [-0.15, -0.1) is 11.8 Å². The van der Waals surface area contributed by atoms with Crippen molar-refractivity contribution in [1.29, 1.82) is 0 Å². The van der Waals surface area contributed by atoms with Gasteiger partial charge in [0.2, 0.25) is 0 Å². The molecule has 5 heteroatoms. The summed E-state index contributed by atoms with van der Waals surface area (Å²) in [6.07, 6.45) is 2.99. The number of nitrogens with zero attached hydrogens (tertiary/aromatic N) is 1. The number of hydrogen-bond donors (Lipinski definition) is 1. The minimum Gasteiger partial charge on any atom is -0.469 e. The van der Waals surface area contributed by atoms with Gasteiger partial charge in [-0.25, -0.2) is 0 Å². The summed E-state index contributed by atoms with van der Waals surface area (Å²) in [6, 6.07) is 11.1. The Morgan fingerprint density at radius 1 is 1.35 bits per heavy atom. The van der Waals surface area contributed by atoms with Gasteiger partial charge in [0, 0.05) is 16.7 Å². The zero-order chi connectivity index (χ0) is 16.5. The predicted octanol–water partition coefficient (Wildman–Crippen LogP) is 2.64. The van der Waals surface area contributed by atoms with Crippen LogP contribution in [-0.4, -0.2) is 56.5 Å². The molecule has 4 nitrogen and oxygen atoms in total. The highest BCUT2D eigenvalue weighted by Crippen LogP contribution is 2.21. The number of esters is 1. The van der Waals surface area contributed by atoms with Crippen LogP contribution in [0, 0.1) is 5.92 Å². The summed E-state index contributed by atoms with van der Waals surface area (Å²) in [5, 5.41) is 3.43. The van der Waals surface area contributed by atoms with E-state index in [9.17, 15) is 4.79 Å². The third-order valence-electron chi connectivity index (χ3n) is 4.52. The number of carbonyl (C=O) groups excluding carboxylic acids is 1. The Morgan fingerprint density at radius 2 is 2.04 bits per heavy atom. The molecule has 0 radical (unpaired) electrons. The van der Waals surface area contributed by atoms with Crippen molar-refractivity contribution in [3.8, 4) is 0 Å². The van der Waals surface area contributed by atoms with Gasteiger partial charge in [0.1, 0.15) is 0 Å². The Hall–Kier alpha value is -1.04.